The van der Waals surface area contributed by atoms with Gasteiger partial charge in [-0.25, -0.2) is 5.32 Å². The molecule has 1 radical (unpaired) electrons. The molecule has 0 aromatic heterocycles. The summed E-state index contributed by atoms with van der Waals surface area (Å²) in [5, 5.41) is 4.45. The quantitative estimate of drug-likeness (QED) is 0.688. The van der Waals surface area contributed by atoms with Gasteiger partial charge in [0.15, 0.2) is 0 Å². The lowest BCUT2D eigenvalue weighted by Crippen LogP contribution is -2.44. The number of rotatable bonds is 3. The largest absolute Gasteiger partial charge is 0.367 e. The maximum absolute atomic E-state index is 5.93. The van der Waals surface area contributed by atoms with Crippen molar-refractivity contribution < 1.29 is 4.74 Å². The Labute approximate surface area is 91.0 Å². The average molecular weight is 202 g/mol. The first-order chi connectivity index (χ1) is 7.37. The van der Waals surface area contributed by atoms with Crippen LogP contribution in [0.25, 0.3) is 0 Å². The van der Waals surface area contributed by atoms with Gasteiger partial charge in [0.25, 0.3) is 0 Å². The second-order valence-electron chi connectivity index (χ2n) is 3.81. The molecule has 1 unspecified atom stereocenters. The average Bonchev–Trinajstić information content (AvgIpc) is 2.32. The van der Waals surface area contributed by atoms with E-state index >= 15 is 0 Å². The Morgan fingerprint density at radius 2 is 2.20 bits per heavy atom. The van der Waals surface area contributed by atoms with Gasteiger partial charge in [-0.2, -0.15) is 0 Å². The topological polar surface area (TPSA) is 23.3 Å². The molecule has 0 bridgehead atoms. The summed E-state index contributed by atoms with van der Waals surface area (Å²) < 4.78 is 5.93. The lowest BCUT2D eigenvalue weighted by molar-refractivity contribution is -0.0703. The van der Waals surface area contributed by atoms with Crippen molar-refractivity contribution >= 4 is 0 Å². The molecule has 2 nitrogen and oxygen atoms in total. The van der Waals surface area contributed by atoms with Crippen LogP contribution in [0, 0.1) is 0 Å². The molecule has 0 saturated carbocycles. The predicted octanol–water partition coefficient (Wildman–Crippen LogP) is 2.09. The van der Waals surface area contributed by atoms with E-state index in [9.17, 15) is 0 Å². The van der Waals surface area contributed by atoms with Crippen molar-refractivity contribution in [2.24, 2.45) is 0 Å². The summed E-state index contributed by atoms with van der Waals surface area (Å²) in [5.74, 6) is 0. The number of morpholine rings is 1. The molecule has 1 aliphatic heterocycles. The summed E-state index contributed by atoms with van der Waals surface area (Å²) in [4.78, 5) is 0. The minimum absolute atomic E-state index is 0.263. The Bertz CT molecular complexity index is 315. The van der Waals surface area contributed by atoms with Crippen molar-refractivity contribution in [2.45, 2.75) is 12.0 Å². The molecule has 2 rings (SSSR count). The molecule has 1 aromatic rings. The first-order valence-electron chi connectivity index (χ1n) is 5.31. The summed E-state index contributed by atoms with van der Waals surface area (Å²) in [6, 6.07) is 10.3. The summed E-state index contributed by atoms with van der Waals surface area (Å²) in [5.41, 5.74) is 0.940. The number of nitrogens with zero attached hydrogens (tertiary/aromatic N) is 1. The van der Waals surface area contributed by atoms with Crippen molar-refractivity contribution in [2.75, 3.05) is 19.7 Å². The van der Waals surface area contributed by atoms with Gasteiger partial charge in [-0.15, -0.1) is 6.58 Å². The van der Waals surface area contributed by atoms with Crippen molar-refractivity contribution in [1.29, 1.82) is 0 Å². The SMILES string of the molecule is C=CCC1(c2ccccc2)C[N]CCO1. The van der Waals surface area contributed by atoms with Gasteiger partial charge in [0.2, 0.25) is 0 Å². The van der Waals surface area contributed by atoms with Crippen molar-refractivity contribution in [3.63, 3.8) is 0 Å². The fraction of sp³-hybridized carbons (Fsp3) is 0.385. The van der Waals surface area contributed by atoms with Gasteiger partial charge in [0.1, 0.15) is 5.60 Å². The molecule has 79 valence electrons. The highest BCUT2D eigenvalue weighted by Crippen LogP contribution is 2.31. The van der Waals surface area contributed by atoms with Crippen LogP contribution in [0.1, 0.15) is 12.0 Å². The van der Waals surface area contributed by atoms with Crippen LogP contribution in [0.3, 0.4) is 0 Å². The van der Waals surface area contributed by atoms with Gasteiger partial charge in [-0.1, -0.05) is 36.4 Å². The van der Waals surface area contributed by atoms with Crippen molar-refractivity contribution in [1.82, 2.24) is 5.32 Å². The van der Waals surface area contributed by atoms with E-state index in [1.807, 2.05) is 24.3 Å². The van der Waals surface area contributed by atoms with E-state index < -0.39 is 0 Å². The van der Waals surface area contributed by atoms with Gasteiger partial charge in [-0.05, 0) is 12.0 Å². The maximum Gasteiger partial charge on any atom is 0.111 e. The zero-order valence-corrected chi connectivity index (χ0v) is 8.86. The van der Waals surface area contributed by atoms with E-state index in [2.05, 4.69) is 24.0 Å². The molecule has 1 aromatic carbocycles. The fourth-order valence-corrected chi connectivity index (χ4v) is 2.00. The molecular weight excluding hydrogens is 186 g/mol. The predicted molar refractivity (Wildman–Crippen MR) is 60.8 cm³/mol. The van der Waals surface area contributed by atoms with Crippen LogP contribution >= 0.6 is 0 Å². The molecule has 1 atom stereocenters. The van der Waals surface area contributed by atoms with Gasteiger partial charge < -0.3 is 4.74 Å². The molecule has 0 spiro atoms. The third-order valence-electron chi connectivity index (χ3n) is 2.77. The summed E-state index contributed by atoms with van der Waals surface area (Å²) in [6.07, 6.45) is 2.73. The van der Waals surface area contributed by atoms with Crippen LogP contribution in [0.15, 0.2) is 43.0 Å². The van der Waals surface area contributed by atoms with Crippen LogP contribution in [-0.4, -0.2) is 19.7 Å². The highest BCUT2D eigenvalue weighted by Gasteiger charge is 2.34. The van der Waals surface area contributed by atoms with E-state index in [4.69, 9.17) is 4.74 Å². The monoisotopic (exact) mass is 202 g/mol. The summed E-state index contributed by atoms with van der Waals surface area (Å²) in [7, 11) is 0. The Morgan fingerprint density at radius 1 is 1.40 bits per heavy atom. The Hall–Kier alpha value is -1.12. The molecule has 2 heteroatoms. The van der Waals surface area contributed by atoms with E-state index in [1.54, 1.807) is 0 Å². The lowest BCUT2D eigenvalue weighted by atomic mass is 9.89. The molecule has 0 N–H and O–H groups in total. The van der Waals surface area contributed by atoms with Crippen molar-refractivity contribution in [3.05, 3.63) is 48.6 Å². The molecule has 1 aliphatic rings. The highest BCUT2D eigenvalue weighted by atomic mass is 16.5. The standard InChI is InChI=1S/C13H16NO/c1-2-8-13(11-14-9-10-15-13)12-6-4-3-5-7-12/h2-7H,1,8-11H2. The molecule has 1 heterocycles. The number of hydrogen-bond donors (Lipinski definition) is 0. The first-order valence-corrected chi connectivity index (χ1v) is 5.31. The second-order valence-corrected chi connectivity index (χ2v) is 3.81. The molecule has 0 amide bonds. The van der Waals surface area contributed by atoms with Crippen LogP contribution in [-0.2, 0) is 10.3 Å². The smallest absolute Gasteiger partial charge is 0.111 e. The number of ether oxygens (including phenoxy) is 1. The number of benzene rings is 1. The molecular formula is C13H16NO. The zero-order chi connectivity index (χ0) is 10.6. The fourth-order valence-electron chi connectivity index (χ4n) is 2.00. The molecule has 15 heavy (non-hydrogen) atoms. The third kappa shape index (κ3) is 2.11. The van der Waals surface area contributed by atoms with Gasteiger partial charge in [0, 0.05) is 13.1 Å². The highest BCUT2D eigenvalue weighted by molar-refractivity contribution is 5.24. The van der Waals surface area contributed by atoms with Crippen LogP contribution in [0.4, 0.5) is 0 Å². The normalized spacial score (nSPS) is 26.1. The molecule has 1 saturated heterocycles. The Kier molecular flexibility index (Phi) is 3.19. The zero-order valence-electron chi connectivity index (χ0n) is 8.86. The summed E-state index contributed by atoms with van der Waals surface area (Å²) >= 11 is 0. The van der Waals surface area contributed by atoms with Gasteiger partial charge in [0.05, 0.1) is 6.61 Å². The number of hydrogen-bond acceptors (Lipinski definition) is 1. The van der Waals surface area contributed by atoms with E-state index in [1.165, 1.54) is 5.56 Å². The maximum atomic E-state index is 5.93. The third-order valence-corrected chi connectivity index (χ3v) is 2.77. The van der Waals surface area contributed by atoms with E-state index in [-0.39, 0.29) is 5.60 Å². The minimum Gasteiger partial charge on any atom is -0.367 e. The lowest BCUT2D eigenvalue weighted by Gasteiger charge is -2.36. The Morgan fingerprint density at radius 3 is 2.80 bits per heavy atom. The Balaban J connectivity index is 2.29. The van der Waals surface area contributed by atoms with Gasteiger partial charge in [-0.3, -0.25) is 0 Å². The van der Waals surface area contributed by atoms with Crippen LogP contribution in [0.5, 0.6) is 0 Å². The summed E-state index contributed by atoms with van der Waals surface area (Å²) in [6.45, 7) is 6.07. The van der Waals surface area contributed by atoms with E-state index in [0.29, 0.717) is 6.61 Å². The molecule has 1 fully saturated rings. The van der Waals surface area contributed by atoms with Gasteiger partial charge >= 0.3 is 0 Å². The first kappa shape index (κ1) is 10.4. The second kappa shape index (κ2) is 4.60. The van der Waals surface area contributed by atoms with E-state index in [0.717, 1.165) is 19.5 Å². The molecule has 0 aliphatic carbocycles. The van der Waals surface area contributed by atoms with Crippen LogP contribution in [0.2, 0.25) is 0 Å². The minimum atomic E-state index is -0.263. The van der Waals surface area contributed by atoms with Crippen LogP contribution < -0.4 is 5.32 Å². The van der Waals surface area contributed by atoms with Crippen molar-refractivity contribution in [3.8, 4) is 0 Å².